The standard InChI is InChI=1S/C16H16ClN3OS.C10H13N3.C6H5ClO2S/c1-8-11-4-5-18-15(11)20-9(2)12(8)7-19-16(21)14-6-13(17)10(3)22-14;1-6-8-3-4-12-10(8)13-7(2)9(6)5-11;1-3-4(7)2-5(10-3)6(8)9/h4-6H,7H2,1-3H3,(H,18,20)(H,19,21);3-4H,5,11H2,1-2H3,(H,12,13);2H,1H3,(H,8,9). The number of carbonyl (C=O) groups excluding carboxylic acids is 1. The van der Waals surface area contributed by atoms with E-state index in [4.69, 9.17) is 34.0 Å². The molecule has 0 fully saturated rings. The van der Waals surface area contributed by atoms with Gasteiger partial charge in [0.25, 0.3) is 5.91 Å². The normalized spacial score (nSPS) is 10.8. The van der Waals surface area contributed by atoms with Crippen LogP contribution in [-0.2, 0) is 13.1 Å². The molecule has 45 heavy (non-hydrogen) atoms. The van der Waals surface area contributed by atoms with Gasteiger partial charge in [0.15, 0.2) is 0 Å². The third kappa shape index (κ3) is 7.74. The lowest BCUT2D eigenvalue weighted by molar-refractivity contribution is 0.0701. The first-order chi connectivity index (χ1) is 21.3. The van der Waals surface area contributed by atoms with Crippen molar-refractivity contribution in [3.05, 3.63) is 99.9 Å². The molecule has 0 radical (unpaired) electrons. The Morgan fingerprint density at radius 3 is 1.71 bits per heavy atom. The minimum absolute atomic E-state index is 0.104. The second-order valence-electron chi connectivity index (χ2n) is 10.3. The van der Waals surface area contributed by atoms with Gasteiger partial charge in [0.2, 0.25) is 0 Å². The lowest BCUT2D eigenvalue weighted by Gasteiger charge is -2.11. The topological polar surface area (TPSA) is 150 Å². The lowest BCUT2D eigenvalue weighted by Crippen LogP contribution is -2.23. The summed E-state index contributed by atoms with van der Waals surface area (Å²) in [5.41, 5.74) is 14.0. The maximum atomic E-state index is 12.2. The summed E-state index contributed by atoms with van der Waals surface area (Å²) in [6.45, 7) is 12.8. The number of hydrogen-bond acceptors (Lipinski definition) is 7. The summed E-state index contributed by atoms with van der Waals surface area (Å²) in [5, 5.41) is 14.9. The number of carboxylic acid groups (broad SMARTS) is 1. The van der Waals surface area contributed by atoms with Crippen molar-refractivity contribution in [2.24, 2.45) is 5.73 Å². The van der Waals surface area contributed by atoms with Crippen LogP contribution in [-0.4, -0.2) is 36.9 Å². The van der Waals surface area contributed by atoms with Crippen LogP contribution >= 0.6 is 45.9 Å². The number of fused-ring (bicyclic) bond motifs is 2. The summed E-state index contributed by atoms with van der Waals surface area (Å²) in [5.74, 6) is -1.02. The average Bonchev–Trinajstić information content (AvgIpc) is 3.78. The summed E-state index contributed by atoms with van der Waals surface area (Å²) in [6.07, 6.45) is 3.79. The number of hydrogen-bond donors (Lipinski definition) is 5. The first-order valence-electron chi connectivity index (χ1n) is 13.9. The van der Waals surface area contributed by atoms with Gasteiger partial charge in [-0.3, -0.25) is 4.79 Å². The number of pyridine rings is 2. The highest BCUT2D eigenvalue weighted by Crippen LogP contribution is 2.27. The number of halogens is 2. The Kier molecular flexibility index (Phi) is 11.1. The molecule has 0 aliphatic carbocycles. The summed E-state index contributed by atoms with van der Waals surface area (Å²) in [7, 11) is 0. The zero-order valence-electron chi connectivity index (χ0n) is 25.7. The monoisotopic (exact) mass is 684 g/mol. The van der Waals surface area contributed by atoms with Gasteiger partial charge in [-0.1, -0.05) is 23.2 Å². The van der Waals surface area contributed by atoms with Gasteiger partial charge in [-0.05, 0) is 88.1 Å². The number of H-pyrrole nitrogens is 2. The van der Waals surface area contributed by atoms with Crippen molar-refractivity contribution in [2.75, 3.05) is 0 Å². The molecular weight excluding hydrogens is 651 g/mol. The number of nitrogens with two attached hydrogens (primary N) is 1. The van der Waals surface area contributed by atoms with Gasteiger partial charge < -0.3 is 26.1 Å². The Morgan fingerprint density at radius 1 is 0.822 bits per heavy atom. The van der Waals surface area contributed by atoms with Crippen LogP contribution in [0.3, 0.4) is 0 Å². The molecule has 0 unspecified atom stereocenters. The fourth-order valence-corrected chi connectivity index (χ4v) is 6.96. The number of aromatic amines is 2. The number of carbonyl (C=O) groups is 2. The van der Waals surface area contributed by atoms with Gasteiger partial charge in [-0.25, -0.2) is 14.8 Å². The lowest BCUT2D eigenvalue weighted by atomic mass is 10.0. The van der Waals surface area contributed by atoms with Gasteiger partial charge >= 0.3 is 5.97 Å². The highest BCUT2D eigenvalue weighted by atomic mass is 35.5. The first kappa shape index (κ1) is 34.1. The van der Waals surface area contributed by atoms with Crippen LogP contribution < -0.4 is 11.1 Å². The van der Waals surface area contributed by atoms with Crippen LogP contribution in [0.25, 0.3) is 22.1 Å². The van der Waals surface area contributed by atoms with E-state index in [0.717, 1.165) is 54.5 Å². The summed E-state index contributed by atoms with van der Waals surface area (Å²) in [4.78, 5) is 40.5. The van der Waals surface area contributed by atoms with Crippen molar-refractivity contribution >= 4 is 79.8 Å². The van der Waals surface area contributed by atoms with E-state index in [2.05, 4.69) is 39.1 Å². The third-order valence-electron chi connectivity index (χ3n) is 7.37. The second kappa shape index (κ2) is 14.6. The van der Waals surface area contributed by atoms with Crippen molar-refractivity contribution in [1.29, 1.82) is 0 Å². The molecule has 1 amide bonds. The second-order valence-corrected chi connectivity index (χ2v) is 13.6. The van der Waals surface area contributed by atoms with Gasteiger partial charge in [0, 0.05) is 57.4 Å². The molecule has 236 valence electrons. The fourth-order valence-electron chi connectivity index (χ4n) is 4.80. The largest absolute Gasteiger partial charge is 0.477 e. The van der Waals surface area contributed by atoms with Crippen LogP contribution in [0.4, 0.5) is 0 Å². The van der Waals surface area contributed by atoms with Crippen molar-refractivity contribution < 1.29 is 14.7 Å². The molecule has 0 aliphatic heterocycles. The molecule has 0 spiro atoms. The van der Waals surface area contributed by atoms with Gasteiger partial charge in [0.1, 0.15) is 16.2 Å². The third-order valence-corrected chi connectivity index (χ3v) is 10.5. The fraction of sp³-hybridized carbons (Fsp3) is 0.250. The molecule has 0 saturated carbocycles. The van der Waals surface area contributed by atoms with Gasteiger partial charge in [-0.2, -0.15) is 0 Å². The Balaban J connectivity index is 0.000000170. The number of rotatable bonds is 5. The maximum Gasteiger partial charge on any atom is 0.345 e. The Labute approximate surface area is 278 Å². The predicted molar refractivity (Wildman–Crippen MR) is 185 cm³/mol. The molecule has 0 aromatic carbocycles. The molecule has 6 aromatic heterocycles. The minimum atomic E-state index is -0.917. The molecule has 0 aliphatic rings. The average molecular weight is 686 g/mol. The molecule has 6 N–H and O–H groups in total. The highest BCUT2D eigenvalue weighted by molar-refractivity contribution is 7.14. The molecule has 0 bridgehead atoms. The zero-order chi connectivity index (χ0) is 33.0. The molecule has 6 rings (SSSR count). The smallest absolute Gasteiger partial charge is 0.345 e. The Bertz CT molecular complexity index is 1970. The van der Waals surface area contributed by atoms with Crippen molar-refractivity contribution in [2.45, 2.75) is 54.6 Å². The van der Waals surface area contributed by atoms with E-state index in [-0.39, 0.29) is 5.91 Å². The quantitative estimate of drug-likeness (QED) is 0.124. The molecule has 0 atom stereocenters. The number of aromatic nitrogens is 4. The van der Waals surface area contributed by atoms with E-state index in [9.17, 15) is 9.59 Å². The molecule has 6 heterocycles. The minimum Gasteiger partial charge on any atom is -0.477 e. The number of thiophene rings is 2. The Hall–Kier alpha value is -3.74. The van der Waals surface area contributed by atoms with E-state index in [1.54, 1.807) is 13.0 Å². The van der Waals surface area contributed by atoms with Crippen LogP contribution in [0.15, 0.2) is 36.7 Å². The predicted octanol–water partition coefficient (Wildman–Crippen LogP) is 8.18. The van der Waals surface area contributed by atoms with E-state index >= 15 is 0 Å². The SMILES string of the molecule is Cc1nc2[nH]ccc2c(C)c1CN.Cc1nc2[nH]ccc2c(C)c1CNC(=O)c1cc(Cl)c(C)s1.Cc1sc(C(=O)O)cc1Cl. The molecular formula is C32H34Cl2N6O3S2. The van der Waals surface area contributed by atoms with Crippen LogP contribution in [0.1, 0.15) is 62.7 Å². The van der Waals surface area contributed by atoms with Crippen molar-refractivity contribution in [1.82, 2.24) is 25.3 Å². The van der Waals surface area contributed by atoms with E-state index in [1.165, 1.54) is 39.7 Å². The van der Waals surface area contributed by atoms with E-state index < -0.39 is 5.97 Å². The van der Waals surface area contributed by atoms with Crippen molar-refractivity contribution in [3.8, 4) is 0 Å². The molecule has 13 heteroatoms. The van der Waals surface area contributed by atoms with Crippen molar-refractivity contribution in [3.63, 3.8) is 0 Å². The van der Waals surface area contributed by atoms with E-state index in [0.29, 0.717) is 32.9 Å². The zero-order valence-corrected chi connectivity index (χ0v) is 28.8. The van der Waals surface area contributed by atoms with E-state index in [1.807, 2.05) is 45.3 Å². The number of nitrogens with zero attached hydrogens (tertiary/aromatic N) is 2. The summed E-state index contributed by atoms with van der Waals surface area (Å²) < 4.78 is 0. The van der Waals surface area contributed by atoms with Crippen LogP contribution in [0, 0.1) is 41.5 Å². The van der Waals surface area contributed by atoms with Crippen LogP contribution in [0.5, 0.6) is 0 Å². The number of amides is 1. The number of carboxylic acids is 1. The maximum absolute atomic E-state index is 12.2. The number of aromatic carboxylic acids is 1. The summed E-state index contributed by atoms with van der Waals surface area (Å²) in [6, 6.07) is 7.22. The van der Waals surface area contributed by atoms with Crippen LogP contribution in [0.2, 0.25) is 10.0 Å². The highest BCUT2D eigenvalue weighted by Gasteiger charge is 2.15. The number of nitrogens with one attached hydrogen (secondary N) is 3. The van der Waals surface area contributed by atoms with Gasteiger partial charge in [-0.15, -0.1) is 22.7 Å². The molecule has 9 nitrogen and oxygen atoms in total. The molecule has 0 saturated heterocycles. The van der Waals surface area contributed by atoms with Gasteiger partial charge in [0.05, 0.1) is 14.9 Å². The molecule has 6 aromatic rings. The summed E-state index contributed by atoms with van der Waals surface area (Å²) >= 11 is 14.2. The first-order valence-corrected chi connectivity index (χ1v) is 16.3. The number of aryl methyl sites for hydroxylation is 6. The Morgan fingerprint density at radius 2 is 1.29 bits per heavy atom.